The summed E-state index contributed by atoms with van der Waals surface area (Å²) in [4.78, 5) is 11.4. The van der Waals surface area contributed by atoms with Gasteiger partial charge < -0.3 is 0 Å². The quantitative estimate of drug-likeness (QED) is 0.521. The maximum absolute atomic E-state index is 11.4. The largest absolute Gasteiger partial charge is 0.294 e. The van der Waals surface area contributed by atoms with Crippen LogP contribution in [0.15, 0.2) is 11.6 Å². The Morgan fingerprint density at radius 2 is 1.55 bits per heavy atom. The van der Waals surface area contributed by atoms with Crippen LogP contribution in [0.5, 0.6) is 0 Å². The van der Waals surface area contributed by atoms with E-state index in [1.165, 1.54) is 5.57 Å². The van der Waals surface area contributed by atoms with Crippen LogP contribution in [0.4, 0.5) is 0 Å². The Labute approximate surface area is 68.5 Å². The highest BCUT2D eigenvalue weighted by molar-refractivity contribution is 5.98. The van der Waals surface area contributed by atoms with E-state index in [9.17, 15) is 4.79 Å². The lowest BCUT2D eigenvalue weighted by atomic mass is 9.67. The van der Waals surface area contributed by atoms with E-state index < -0.39 is 0 Å². The molecule has 11 heavy (non-hydrogen) atoms. The first-order valence-electron chi connectivity index (χ1n) is 4.03. The van der Waals surface area contributed by atoms with E-state index >= 15 is 0 Å². The van der Waals surface area contributed by atoms with Crippen LogP contribution in [0.25, 0.3) is 0 Å². The van der Waals surface area contributed by atoms with Gasteiger partial charge in [-0.25, -0.2) is 0 Å². The standard InChI is InChI=1S/C10H16O/c1-7-6-8(11)10(4,5)9(7,2)3/h6H,1-5H3. The number of hydrogen-bond acceptors (Lipinski definition) is 1. The smallest absolute Gasteiger partial charge is 0.162 e. The van der Waals surface area contributed by atoms with Crippen molar-refractivity contribution in [3.05, 3.63) is 11.6 Å². The normalized spacial score (nSPS) is 27.0. The molecule has 0 atom stereocenters. The molecule has 0 saturated carbocycles. The first kappa shape index (κ1) is 8.51. The second-order valence-corrected chi connectivity index (χ2v) is 4.44. The number of rotatable bonds is 0. The minimum atomic E-state index is -0.211. The molecular formula is C10H16O. The summed E-state index contributed by atoms with van der Waals surface area (Å²) in [6.07, 6.45) is 1.78. The molecule has 0 saturated heterocycles. The minimum Gasteiger partial charge on any atom is -0.294 e. The highest BCUT2D eigenvalue weighted by Crippen LogP contribution is 2.49. The summed E-state index contributed by atoms with van der Waals surface area (Å²) in [6.45, 7) is 10.3. The number of hydrogen-bond donors (Lipinski definition) is 0. The van der Waals surface area contributed by atoms with Gasteiger partial charge in [-0.3, -0.25) is 4.79 Å². The first-order chi connectivity index (χ1) is 4.80. The molecular weight excluding hydrogens is 136 g/mol. The molecule has 0 spiro atoms. The van der Waals surface area contributed by atoms with Crippen molar-refractivity contribution in [2.45, 2.75) is 34.6 Å². The van der Waals surface area contributed by atoms with Gasteiger partial charge in [-0.1, -0.05) is 33.3 Å². The fourth-order valence-electron chi connectivity index (χ4n) is 1.36. The van der Waals surface area contributed by atoms with Crippen LogP contribution in [-0.2, 0) is 4.79 Å². The Morgan fingerprint density at radius 1 is 1.09 bits per heavy atom. The van der Waals surface area contributed by atoms with Crippen molar-refractivity contribution < 1.29 is 4.79 Å². The van der Waals surface area contributed by atoms with Gasteiger partial charge in [0.2, 0.25) is 0 Å². The van der Waals surface area contributed by atoms with Gasteiger partial charge in [0, 0.05) is 5.41 Å². The van der Waals surface area contributed by atoms with E-state index in [1.807, 2.05) is 20.8 Å². The van der Waals surface area contributed by atoms with Crippen molar-refractivity contribution >= 4 is 5.78 Å². The maximum Gasteiger partial charge on any atom is 0.162 e. The highest BCUT2D eigenvalue weighted by Gasteiger charge is 2.47. The fraction of sp³-hybridized carbons (Fsp3) is 0.700. The van der Waals surface area contributed by atoms with Crippen molar-refractivity contribution in [3.63, 3.8) is 0 Å². The zero-order valence-corrected chi connectivity index (χ0v) is 7.99. The molecule has 0 aromatic carbocycles. The van der Waals surface area contributed by atoms with E-state index in [0.29, 0.717) is 0 Å². The molecule has 0 fully saturated rings. The van der Waals surface area contributed by atoms with Gasteiger partial charge in [0.05, 0.1) is 0 Å². The van der Waals surface area contributed by atoms with Crippen LogP contribution in [0.3, 0.4) is 0 Å². The molecule has 1 nitrogen and oxygen atoms in total. The lowest BCUT2D eigenvalue weighted by Gasteiger charge is -2.35. The average Bonchev–Trinajstić information content (AvgIpc) is 1.95. The molecule has 0 aromatic rings. The van der Waals surface area contributed by atoms with Crippen LogP contribution >= 0.6 is 0 Å². The number of carbonyl (C=O) groups is 1. The Kier molecular flexibility index (Phi) is 1.52. The van der Waals surface area contributed by atoms with Crippen LogP contribution in [0, 0.1) is 10.8 Å². The third kappa shape index (κ3) is 0.867. The van der Waals surface area contributed by atoms with Gasteiger partial charge in [-0.05, 0) is 18.4 Å². The summed E-state index contributed by atoms with van der Waals surface area (Å²) in [5.41, 5.74) is 1.02. The molecule has 1 aliphatic carbocycles. The number of carbonyl (C=O) groups excluding carboxylic acids is 1. The van der Waals surface area contributed by atoms with E-state index in [4.69, 9.17) is 0 Å². The molecule has 0 unspecified atom stereocenters. The molecule has 0 aliphatic heterocycles. The monoisotopic (exact) mass is 152 g/mol. The van der Waals surface area contributed by atoms with Gasteiger partial charge in [0.15, 0.2) is 5.78 Å². The summed E-state index contributed by atoms with van der Waals surface area (Å²) in [6, 6.07) is 0. The van der Waals surface area contributed by atoms with Crippen molar-refractivity contribution in [3.8, 4) is 0 Å². The van der Waals surface area contributed by atoms with Gasteiger partial charge in [0.25, 0.3) is 0 Å². The van der Waals surface area contributed by atoms with Crippen LogP contribution in [0.1, 0.15) is 34.6 Å². The molecule has 0 bridgehead atoms. The van der Waals surface area contributed by atoms with E-state index in [2.05, 4.69) is 13.8 Å². The molecule has 1 aliphatic rings. The van der Waals surface area contributed by atoms with Crippen molar-refractivity contribution in [1.29, 1.82) is 0 Å². The van der Waals surface area contributed by atoms with Gasteiger partial charge in [0.1, 0.15) is 0 Å². The summed E-state index contributed by atoms with van der Waals surface area (Å²) in [5.74, 6) is 0.264. The van der Waals surface area contributed by atoms with Crippen LogP contribution < -0.4 is 0 Å². The highest BCUT2D eigenvalue weighted by atomic mass is 16.1. The molecule has 0 N–H and O–H groups in total. The molecule has 0 radical (unpaired) electrons. The fourth-order valence-corrected chi connectivity index (χ4v) is 1.36. The van der Waals surface area contributed by atoms with Gasteiger partial charge in [-0.15, -0.1) is 0 Å². The number of allylic oxidation sites excluding steroid dienone is 2. The van der Waals surface area contributed by atoms with E-state index in [0.717, 1.165) is 0 Å². The molecule has 1 heteroatoms. The lowest BCUT2D eigenvalue weighted by Crippen LogP contribution is -2.33. The topological polar surface area (TPSA) is 17.1 Å². The minimum absolute atomic E-state index is 0.0318. The van der Waals surface area contributed by atoms with E-state index in [-0.39, 0.29) is 16.6 Å². The first-order valence-corrected chi connectivity index (χ1v) is 4.03. The van der Waals surface area contributed by atoms with Crippen LogP contribution in [-0.4, -0.2) is 5.78 Å². The summed E-state index contributed by atoms with van der Waals surface area (Å²) >= 11 is 0. The van der Waals surface area contributed by atoms with Crippen molar-refractivity contribution in [2.24, 2.45) is 10.8 Å². The average molecular weight is 152 g/mol. The predicted octanol–water partition coefficient (Wildman–Crippen LogP) is 2.57. The predicted molar refractivity (Wildman–Crippen MR) is 46.3 cm³/mol. The zero-order chi connectivity index (χ0) is 8.86. The lowest BCUT2D eigenvalue weighted by molar-refractivity contribution is -0.124. The SMILES string of the molecule is CC1=CC(=O)C(C)(C)C1(C)C. The van der Waals surface area contributed by atoms with Crippen molar-refractivity contribution in [2.75, 3.05) is 0 Å². The van der Waals surface area contributed by atoms with Crippen LogP contribution in [0.2, 0.25) is 0 Å². The third-order valence-electron chi connectivity index (χ3n) is 3.51. The second-order valence-electron chi connectivity index (χ2n) is 4.44. The van der Waals surface area contributed by atoms with Crippen molar-refractivity contribution in [1.82, 2.24) is 0 Å². The Bertz CT molecular complexity index is 231. The summed E-state index contributed by atoms with van der Waals surface area (Å²) in [5, 5.41) is 0. The molecule has 0 aromatic heterocycles. The number of ketones is 1. The molecule has 0 amide bonds. The molecule has 1 rings (SSSR count). The third-order valence-corrected chi connectivity index (χ3v) is 3.51. The summed E-state index contributed by atoms with van der Waals surface area (Å²) in [7, 11) is 0. The molecule has 0 heterocycles. The Balaban J connectivity index is 3.17. The second kappa shape index (κ2) is 1.96. The summed E-state index contributed by atoms with van der Waals surface area (Å²) < 4.78 is 0. The zero-order valence-electron chi connectivity index (χ0n) is 7.99. The maximum atomic E-state index is 11.4. The van der Waals surface area contributed by atoms with Gasteiger partial charge in [-0.2, -0.15) is 0 Å². The Morgan fingerprint density at radius 3 is 1.64 bits per heavy atom. The molecule has 62 valence electrons. The van der Waals surface area contributed by atoms with E-state index in [1.54, 1.807) is 6.08 Å². The Hall–Kier alpha value is -0.590. The van der Waals surface area contributed by atoms with Gasteiger partial charge >= 0.3 is 0 Å².